The maximum absolute atomic E-state index is 11.2. The van der Waals surface area contributed by atoms with Crippen LogP contribution in [0.4, 0.5) is 0 Å². The molecule has 0 aliphatic heterocycles. The minimum absolute atomic E-state index is 0.134. The summed E-state index contributed by atoms with van der Waals surface area (Å²) in [5.74, 6) is 2.16. The molecule has 3 fully saturated rings. The van der Waals surface area contributed by atoms with E-state index in [0.717, 1.165) is 44.9 Å². The van der Waals surface area contributed by atoms with Gasteiger partial charge in [0.1, 0.15) is 0 Å². The normalized spacial score (nSPS) is 57.8. The first-order valence-electron chi connectivity index (χ1n) is 9.99. The molecular formula is C21H34O3. The Hall–Kier alpha value is -0.380. The molecule has 9 unspecified atom stereocenters. The van der Waals surface area contributed by atoms with Crippen molar-refractivity contribution in [2.24, 2.45) is 34.5 Å². The molecule has 0 bridgehead atoms. The van der Waals surface area contributed by atoms with E-state index >= 15 is 0 Å². The second-order valence-corrected chi connectivity index (χ2v) is 9.81. The fourth-order valence-corrected chi connectivity index (χ4v) is 7.34. The Bertz CT molecular complexity index is 543. The van der Waals surface area contributed by atoms with Crippen molar-refractivity contribution in [2.45, 2.75) is 83.5 Å². The van der Waals surface area contributed by atoms with Crippen LogP contribution in [0.25, 0.3) is 0 Å². The van der Waals surface area contributed by atoms with Crippen LogP contribution in [-0.4, -0.2) is 33.1 Å². The van der Waals surface area contributed by atoms with Crippen molar-refractivity contribution < 1.29 is 15.3 Å². The molecule has 0 spiro atoms. The molecule has 0 aromatic carbocycles. The zero-order chi connectivity index (χ0) is 17.3. The van der Waals surface area contributed by atoms with Gasteiger partial charge in [-0.2, -0.15) is 0 Å². The quantitative estimate of drug-likeness (QED) is 0.645. The molecule has 4 aliphatic rings. The minimum atomic E-state index is -0.934. The summed E-state index contributed by atoms with van der Waals surface area (Å²) < 4.78 is 0. The summed E-state index contributed by atoms with van der Waals surface area (Å²) in [5, 5.41) is 31.6. The van der Waals surface area contributed by atoms with Crippen LogP contribution in [0.15, 0.2) is 12.2 Å². The summed E-state index contributed by atoms with van der Waals surface area (Å²) in [6.45, 7) is 6.43. The average Bonchev–Trinajstić information content (AvgIpc) is 2.81. The number of allylic oxidation sites excluding steroid dienone is 2. The fourth-order valence-electron chi connectivity index (χ4n) is 7.34. The first kappa shape index (κ1) is 17.1. The van der Waals surface area contributed by atoms with Gasteiger partial charge in [-0.05, 0) is 81.0 Å². The molecular weight excluding hydrogens is 300 g/mol. The standard InChI is InChI=1S/C21H34O3/c1-13(22)21(24)11-8-18-16-5-4-14-12-15(23)6-9-19(14,2)17(16)7-10-20(18,21)3/h4-5,13-18,22-24H,6-12H2,1-3H3. The molecule has 9 atom stereocenters. The molecule has 24 heavy (non-hydrogen) atoms. The second kappa shape index (κ2) is 5.31. The molecule has 4 aliphatic carbocycles. The van der Waals surface area contributed by atoms with Crippen molar-refractivity contribution in [2.75, 3.05) is 0 Å². The largest absolute Gasteiger partial charge is 0.393 e. The molecule has 4 rings (SSSR count). The molecule has 3 heteroatoms. The number of hydrogen-bond donors (Lipinski definition) is 3. The Morgan fingerprint density at radius 3 is 2.42 bits per heavy atom. The molecule has 136 valence electrons. The second-order valence-electron chi connectivity index (χ2n) is 9.81. The number of hydrogen-bond acceptors (Lipinski definition) is 3. The molecule has 0 aromatic rings. The Labute approximate surface area is 146 Å². The highest BCUT2D eigenvalue weighted by Crippen LogP contribution is 2.67. The third-order valence-electron chi connectivity index (χ3n) is 9.04. The van der Waals surface area contributed by atoms with E-state index in [0.29, 0.717) is 29.1 Å². The molecule has 3 saturated carbocycles. The molecule has 3 N–H and O–H groups in total. The zero-order valence-electron chi connectivity index (χ0n) is 15.4. The van der Waals surface area contributed by atoms with Crippen LogP contribution in [0, 0.1) is 34.5 Å². The molecule has 0 amide bonds. The van der Waals surface area contributed by atoms with Crippen molar-refractivity contribution in [3.05, 3.63) is 12.2 Å². The highest BCUT2D eigenvalue weighted by Gasteiger charge is 2.65. The zero-order valence-corrected chi connectivity index (χ0v) is 15.4. The van der Waals surface area contributed by atoms with E-state index in [4.69, 9.17) is 0 Å². The molecule has 0 radical (unpaired) electrons. The summed E-state index contributed by atoms with van der Waals surface area (Å²) in [4.78, 5) is 0. The van der Waals surface area contributed by atoms with Gasteiger partial charge in [0.05, 0.1) is 17.8 Å². The summed E-state index contributed by atoms with van der Waals surface area (Å²) in [7, 11) is 0. The average molecular weight is 335 g/mol. The van der Waals surface area contributed by atoms with Gasteiger partial charge < -0.3 is 15.3 Å². The van der Waals surface area contributed by atoms with E-state index in [1.807, 2.05) is 0 Å². The van der Waals surface area contributed by atoms with Gasteiger partial charge in [-0.3, -0.25) is 0 Å². The van der Waals surface area contributed by atoms with Gasteiger partial charge >= 0.3 is 0 Å². The number of aliphatic hydroxyl groups is 3. The third-order valence-corrected chi connectivity index (χ3v) is 9.04. The Morgan fingerprint density at radius 1 is 1.00 bits per heavy atom. The molecule has 0 heterocycles. The SMILES string of the molecule is CC(O)C1(O)CCC2C3C=CC4CC(O)CCC4(C)C3CCC21C. The van der Waals surface area contributed by atoms with E-state index in [9.17, 15) is 15.3 Å². The summed E-state index contributed by atoms with van der Waals surface area (Å²) in [5.41, 5.74) is -0.813. The lowest BCUT2D eigenvalue weighted by Gasteiger charge is -2.59. The van der Waals surface area contributed by atoms with Crippen molar-refractivity contribution >= 4 is 0 Å². The van der Waals surface area contributed by atoms with Gasteiger partial charge in [0, 0.05) is 5.41 Å². The van der Waals surface area contributed by atoms with Crippen LogP contribution in [0.5, 0.6) is 0 Å². The lowest BCUT2D eigenvalue weighted by atomic mass is 9.46. The number of fused-ring (bicyclic) bond motifs is 5. The smallest absolute Gasteiger partial charge is 0.0958 e. The maximum atomic E-state index is 11.2. The summed E-state index contributed by atoms with van der Waals surface area (Å²) in [6, 6.07) is 0. The van der Waals surface area contributed by atoms with Crippen molar-refractivity contribution in [3.63, 3.8) is 0 Å². The Balaban J connectivity index is 1.68. The van der Waals surface area contributed by atoms with Crippen LogP contribution in [0.1, 0.15) is 65.7 Å². The number of aliphatic hydroxyl groups excluding tert-OH is 2. The van der Waals surface area contributed by atoms with Crippen molar-refractivity contribution in [1.29, 1.82) is 0 Å². The third kappa shape index (κ3) is 2.01. The fraction of sp³-hybridized carbons (Fsp3) is 0.905. The maximum Gasteiger partial charge on any atom is 0.0958 e. The van der Waals surface area contributed by atoms with E-state index in [1.165, 1.54) is 0 Å². The van der Waals surface area contributed by atoms with Gasteiger partial charge in [-0.25, -0.2) is 0 Å². The van der Waals surface area contributed by atoms with Crippen LogP contribution in [-0.2, 0) is 0 Å². The van der Waals surface area contributed by atoms with Gasteiger partial charge in [-0.1, -0.05) is 26.0 Å². The van der Waals surface area contributed by atoms with Crippen LogP contribution in [0.3, 0.4) is 0 Å². The van der Waals surface area contributed by atoms with E-state index in [1.54, 1.807) is 6.92 Å². The topological polar surface area (TPSA) is 60.7 Å². The lowest BCUT2D eigenvalue weighted by molar-refractivity contribution is -0.171. The van der Waals surface area contributed by atoms with Gasteiger partial charge in [0.25, 0.3) is 0 Å². The molecule has 3 nitrogen and oxygen atoms in total. The van der Waals surface area contributed by atoms with E-state index in [2.05, 4.69) is 26.0 Å². The Morgan fingerprint density at radius 2 is 1.71 bits per heavy atom. The predicted molar refractivity (Wildman–Crippen MR) is 94.3 cm³/mol. The monoisotopic (exact) mass is 334 g/mol. The van der Waals surface area contributed by atoms with Gasteiger partial charge in [0.2, 0.25) is 0 Å². The molecule has 0 saturated heterocycles. The predicted octanol–water partition coefficient (Wildman–Crippen LogP) is 3.28. The van der Waals surface area contributed by atoms with E-state index < -0.39 is 11.7 Å². The molecule has 0 aromatic heterocycles. The summed E-state index contributed by atoms with van der Waals surface area (Å²) in [6.07, 6.45) is 10.9. The summed E-state index contributed by atoms with van der Waals surface area (Å²) >= 11 is 0. The van der Waals surface area contributed by atoms with Crippen molar-refractivity contribution in [3.8, 4) is 0 Å². The first-order chi connectivity index (χ1) is 11.2. The van der Waals surface area contributed by atoms with Crippen LogP contribution < -0.4 is 0 Å². The Kier molecular flexibility index (Phi) is 3.77. The van der Waals surface area contributed by atoms with Crippen LogP contribution in [0.2, 0.25) is 0 Å². The van der Waals surface area contributed by atoms with Crippen LogP contribution >= 0.6 is 0 Å². The highest BCUT2D eigenvalue weighted by molar-refractivity contribution is 5.21. The highest BCUT2D eigenvalue weighted by atomic mass is 16.3. The van der Waals surface area contributed by atoms with Gasteiger partial charge in [-0.15, -0.1) is 0 Å². The van der Waals surface area contributed by atoms with Crippen molar-refractivity contribution in [1.82, 2.24) is 0 Å². The van der Waals surface area contributed by atoms with Gasteiger partial charge in [0.15, 0.2) is 0 Å². The first-order valence-corrected chi connectivity index (χ1v) is 9.99. The minimum Gasteiger partial charge on any atom is -0.393 e. The number of rotatable bonds is 1. The lowest BCUT2D eigenvalue weighted by Crippen LogP contribution is -2.58. The van der Waals surface area contributed by atoms with E-state index in [-0.39, 0.29) is 11.5 Å².